The Morgan fingerprint density at radius 3 is 2.15 bits per heavy atom. The zero-order valence-electron chi connectivity index (χ0n) is 18.9. The summed E-state index contributed by atoms with van der Waals surface area (Å²) in [4.78, 5) is 25.8. The minimum atomic E-state index is -1.13. The molecule has 0 aliphatic carbocycles. The molecule has 1 atom stereocenters. The number of carbonyl (C=O) groups is 2. The van der Waals surface area contributed by atoms with Gasteiger partial charge in [0.15, 0.2) is 0 Å². The summed E-state index contributed by atoms with van der Waals surface area (Å²) < 4.78 is 29.9. The van der Waals surface area contributed by atoms with Crippen LogP contribution in [0.2, 0.25) is 0 Å². The number of carboxylic acid groups (broad SMARTS) is 1. The molecule has 3 aromatic rings. The first-order chi connectivity index (χ1) is 16.4. The van der Waals surface area contributed by atoms with E-state index in [4.69, 9.17) is 14.2 Å². The number of aliphatic carboxylic acids is 1. The van der Waals surface area contributed by atoms with Gasteiger partial charge in [-0.1, -0.05) is 37.3 Å². The Morgan fingerprint density at radius 2 is 1.56 bits per heavy atom. The van der Waals surface area contributed by atoms with Crippen LogP contribution in [0.15, 0.2) is 72.8 Å². The highest BCUT2D eigenvalue weighted by Gasteiger charge is 2.30. The van der Waals surface area contributed by atoms with Gasteiger partial charge in [-0.2, -0.15) is 0 Å². The van der Waals surface area contributed by atoms with Gasteiger partial charge in [0.2, 0.25) is 0 Å². The molecule has 8 heteroatoms. The number of rotatable bonds is 10. The monoisotopic (exact) mass is 467 g/mol. The molecule has 3 rings (SSSR count). The van der Waals surface area contributed by atoms with Gasteiger partial charge in [0.25, 0.3) is 0 Å². The third-order valence-electron chi connectivity index (χ3n) is 5.18. The van der Waals surface area contributed by atoms with Crippen molar-refractivity contribution in [2.24, 2.45) is 0 Å². The van der Waals surface area contributed by atoms with Crippen LogP contribution in [0, 0.1) is 5.82 Å². The molecular formula is C26H26FNO6. The summed E-state index contributed by atoms with van der Waals surface area (Å²) in [6, 6.07) is 18.5. The number of carboxylic acids is 1. The second-order valence-electron chi connectivity index (χ2n) is 7.46. The maximum atomic E-state index is 13.8. The maximum absolute atomic E-state index is 13.8. The predicted molar refractivity (Wildman–Crippen MR) is 123 cm³/mol. The molecule has 0 saturated heterocycles. The van der Waals surface area contributed by atoms with Crippen LogP contribution >= 0.6 is 0 Å². The summed E-state index contributed by atoms with van der Waals surface area (Å²) in [6.45, 7) is 1.78. The highest BCUT2D eigenvalue weighted by Crippen LogP contribution is 2.21. The number of carbonyl (C=O) groups excluding carboxylic acids is 1. The number of methoxy groups -OCH3 is 1. The third kappa shape index (κ3) is 6.48. The largest absolute Gasteiger partial charge is 0.497 e. The first kappa shape index (κ1) is 24.6. The molecule has 1 unspecified atom stereocenters. The molecule has 0 bridgehead atoms. The summed E-state index contributed by atoms with van der Waals surface area (Å²) in [5.74, 6) is -0.0769. The molecule has 0 spiro atoms. The number of amides is 1. The molecule has 7 nitrogen and oxygen atoms in total. The Labute approximate surface area is 197 Å². The fourth-order valence-electron chi connectivity index (χ4n) is 3.30. The first-order valence-corrected chi connectivity index (χ1v) is 10.7. The number of hydrogen-bond donors (Lipinski definition) is 1. The Kier molecular flexibility index (Phi) is 8.45. The van der Waals surface area contributed by atoms with E-state index in [-0.39, 0.29) is 31.1 Å². The standard InChI is InChI=1S/C26H26FNO6/c1-3-24(25(29)30)28(26(31)34-22-14-12-20(32-2)13-15-22)16-18-8-10-21(11-9-18)33-17-19-6-4-5-7-23(19)27/h4-15,24H,3,16-17H2,1-2H3,(H,29,30). The van der Waals surface area contributed by atoms with Crippen LogP contribution in [-0.4, -0.2) is 35.2 Å². The maximum Gasteiger partial charge on any atom is 0.416 e. The van der Waals surface area contributed by atoms with Crippen molar-refractivity contribution in [3.63, 3.8) is 0 Å². The fraction of sp³-hybridized carbons (Fsp3) is 0.231. The zero-order chi connectivity index (χ0) is 24.5. The topological polar surface area (TPSA) is 85.3 Å². The third-order valence-corrected chi connectivity index (χ3v) is 5.18. The smallest absolute Gasteiger partial charge is 0.416 e. The van der Waals surface area contributed by atoms with E-state index in [1.165, 1.54) is 18.1 Å². The van der Waals surface area contributed by atoms with Crippen LogP contribution in [0.3, 0.4) is 0 Å². The van der Waals surface area contributed by atoms with Gasteiger partial charge in [-0.15, -0.1) is 0 Å². The van der Waals surface area contributed by atoms with Crippen LogP contribution in [0.4, 0.5) is 9.18 Å². The number of ether oxygens (including phenoxy) is 3. The normalized spacial score (nSPS) is 11.4. The van der Waals surface area contributed by atoms with Gasteiger partial charge in [-0.05, 0) is 54.4 Å². The van der Waals surface area contributed by atoms with E-state index in [1.807, 2.05) is 0 Å². The highest BCUT2D eigenvalue weighted by molar-refractivity contribution is 5.81. The molecular weight excluding hydrogens is 441 g/mol. The quantitative estimate of drug-likeness (QED) is 0.437. The van der Waals surface area contributed by atoms with Gasteiger partial charge < -0.3 is 19.3 Å². The Balaban J connectivity index is 1.70. The average Bonchev–Trinajstić information content (AvgIpc) is 2.84. The summed E-state index contributed by atoms with van der Waals surface area (Å²) >= 11 is 0. The van der Waals surface area contributed by atoms with Crippen LogP contribution in [0.5, 0.6) is 17.2 Å². The molecule has 0 saturated carbocycles. The molecule has 1 N–H and O–H groups in total. The second-order valence-corrected chi connectivity index (χ2v) is 7.46. The average molecular weight is 467 g/mol. The molecule has 1 amide bonds. The van der Waals surface area contributed by atoms with Crippen molar-refractivity contribution >= 4 is 12.1 Å². The number of nitrogens with zero attached hydrogens (tertiary/aromatic N) is 1. The summed E-state index contributed by atoms with van der Waals surface area (Å²) in [5, 5.41) is 9.63. The lowest BCUT2D eigenvalue weighted by atomic mass is 10.1. The van der Waals surface area contributed by atoms with E-state index in [2.05, 4.69) is 0 Å². The Bertz CT molecular complexity index is 1100. The van der Waals surface area contributed by atoms with Crippen LogP contribution in [-0.2, 0) is 17.9 Å². The van der Waals surface area contributed by atoms with Crippen LogP contribution in [0.25, 0.3) is 0 Å². The van der Waals surface area contributed by atoms with E-state index >= 15 is 0 Å². The minimum absolute atomic E-state index is 0.0212. The lowest BCUT2D eigenvalue weighted by Crippen LogP contribution is -2.45. The van der Waals surface area contributed by atoms with Crippen molar-refractivity contribution < 1.29 is 33.3 Å². The molecule has 0 radical (unpaired) electrons. The van der Waals surface area contributed by atoms with E-state index in [0.29, 0.717) is 22.6 Å². The zero-order valence-corrected chi connectivity index (χ0v) is 18.9. The van der Waals surface area contributed by atoms with Crippen molar-refractivity contribution in [2.45, 2.75) is 32.5 Å². The van der Waals surface area contributed by atoms with Crippen molar-refractivity contribution in [3.8, 4) is 17.2 Å². The lowest BCUT2D eigenvalue weighted by Gasteiger charge is -2.27. The predicted octanol–water partition coefficient (Wildman–Crippen LogP) is 5.28. The molecule has 0 aromatic heterocycles. The van der Waals surface area contributed by atoms with Gasteiger partial charge in [-0.3, -0.25) is 4.90 Å². The second kappa shape index (κ2) is 11.7. The fourth-order valence-corrected chi connectivity index (χ4v) is 3.30. The minimum Gasteiger partial charge on any atom is -0.497 e. The summed E-state index contributed by atoms with van der Waals surface area (Å²) in [6.07, 6.45) is -0.573. The molecule has 0 aliphatic rings. The van der Waals surface area contributed by atoms with Crippen molar-refractivity contribution in [1.29, 1.82) is 0 Å². The Morgan fingerprint density at radius 1 is 0.941 bits per heavy atom. The molecule has 34 heavy (non-hydrogen) atoms. The van der Waals surface area contributed by atoms with Crippen molar-refractivity contribution in [2.75, 3.05) is 7.11 Å². The van der Waals surface area contributed by atoms with E-state index < -0.39 is 18.1 Å². The van der Waals surface area contributed by atoms with E-state index in [1.54, 1.807) is 73.7 Å². The van der Waals surface area contributed by atoms with Crippen molar-refractivity contribution in [1.82, 2.24) is 4.90 Å². The molecule has 0 fully saturated rings. The SMILES string of the molecule is CCC(C(=O)O)N(Cc1ccc(OCc2ccccc2F)cc1)C(=O)Oc1ccc(OC)cc1. The number of benzene rings is 3. The summed E-state index contributed by atoms with van der Waals surface area (Å²) in [5.41, 5.74) is 1.12. The molecule has 178 valence electrons. The van der Waals surface area contributed by atoms with Gasteiger partial charge in [0.1, 0.15) is 35.7 Å². The molecule has 0 aliphatic heterocycles. The van der Waals surface area contributed by atoms with E-state index in [0.717, 1.165) is 0 Å². The molecule has 3 aromatic carbocycles. The van der Waals surface area contributed by atoms with Gasteiger partial charge in [-0.25, -0.2) is 14.0 Å². The Hall–Kier alpha value is -4.07. The number of halogens is 1. The lowest BCUT2D eigenvalue weighted by molar-refractivity contribution is -0.142. The van der Waals surface area contributed by atoms with Crippen LogP contribution < -0.4 is 14.2 Å². The summed E-state index contributed by atoms with van der Waals surface area (Å²) in [7, 11) is 1.53. The van der Waals surface area contributed by atoms with Gasteiger partial charge in [0.05, 0.1) is 7.11 Å². The van der Waals surface area contributed by atoms with Gasteiger partial charge >= 0.3 is 12.1 Å². The van der Waals surface area contributed by atoms with Crippen LogP contribution in [0.1, 0.15) is 24.5 Å². The first-order valence-electron chi connectivity index (χ1n) is 10.7. The highest BCUT2D eigenvalue weighted by atomic mass is 19.1. The number of hydrogen-bond acceptors (Lipinski definition) is 5. The van der Waals surface area contributed by atoms with Gasteiger partial charge in [0, 0.05) is 12.1 Å². The van der Waals surface area contributed by atoms with Crippen molar-refractivity contribution in [3.05, 3.63) is 89.7 Å². The molecule has 0 heterocycles. The van der Waals surface area contributed by atoms with E-state index in [9.17, 15) is 19.1 Å².